The van der Waals surface area contributed by atoms with E-state index in [1.54, 1.807) is 12.4 Å². The molecule has 0 unspecified atom stereocenters. The van der Waals surface area contributed by atoms with E-state index < -0.39 is 0 Å². The van der Waals surface area contributed by atoms with Gasteiger partial charge < -0.3 is 10.1 Å². The molecule has 1 aromatic carbocycles. The molecule has 0 fully saturated rings. The van der Waals surface area contributed by atoms with Crippen LogP contribution in [0.3, 0.4) is 0 Å². The van der Waals surface area contributed by atoms with E-state index in [1.807, 2.05) is 25.1 Å². The van der Waals surface area contributed by atoms with E-state index >= 15 is 0 Å². The number of halogens is 1. The minimum Gasteiger partial charge on any atom is -0.424 e. The minimum absolute atomic E-state index is 0.366. The smallest absolute Gasteiger partial charge is 0.321 e. The molecule has 0 spiro atoms. The summed E-state index contributed by atoms with van der Waals surface area (Å²) in [5.41, 5.74) is 2.08. The third-order valence-electron chi connectivity index (χ3n) is 2.60. The molecule has 0 bridgehead atoms. The van der Waals surface area contributed by atoms with Crippen molar-refractivity contribution < 1.29 is 4.74 Å². The van der Waals surface area contributed by atoms with Crippen molar-refractivity contribution in [2.24, 2.45) is 0 Å². The van der Waals surface area contributed by atoms with E-state index in [0.29, 0.717) is 6.01 Å². The second-order valence-corrected chi connectivity index (χ2v) is 5.08. The van der Waals surface area contributed by atoms with Crippen molar-refractivity contribution in [3.05, 3.63) is 46.2 Å². The molecule has 0 amide bonds. The molecule has 0 aliphatic heterocycles. The van der Waals surface area contributed by atoms with Crippen LogP contribution in [0.4, 0.5) is 0 Å². The van der Waals surface area contributed by atoms with Gasteiger partial charge in [0.15, 0.2) is 0 Å². The van der Waals surface area contributed by atoms with E-state index in [4.69, 9.17) is 4.74 Å². The summed E-state index contributed by atoms with van der Waals surface area (Å²) in [6, 6.07) is 6.19. The van der Waals surface area contributed by atoms with Crippen LogP contribution in [0.25, 0.3) is 0 Å². The zero-order valence-corrected chi connectivity index (χ0v) is 12.6. The number of hydrogen-bond acceptors (Lipinski definition) is 4. The Morgan fingerprint density at radius 1 is 1.26 bits per heavy atom. The second-order valence-electron chi connectivity index (χ2n) is 4.17. The maximum absolute atomic E-state index is 5.66. The van der Waals surface area contributed by atoms with Crippen LogP contribution in [-0.4, -0.2) is 16.5 Å². The summed E-state index contributed by atoms with van der Waals surface area (Å²) in [6.07, 6.45) is 3.55. The van der Waals surface area contributed by atoms with Crippen molar-refractivity contribution in [2.75, 3.05) is 6.54 Å². The van der Waals surface area contributed by atoms with E-state index in [2.05, 4.69) is 38.1 Å². The number of hydrogen-bond donors (Lipinski definition) is 1. The summed E-state index contributed by atoms with van der Waals surface area (Å²) in [5, 5.41) is 3.22. The van der Waals surface area contributed by atoms with Crippen molar-refractivity contribution >= 4 is 15.9 Å². The van der Waals surface area contributed by atoms with E-state index in [0.717, 1.165) is 34.4 Å². The van der Waals surface area contributed by atoms with Gasteiger partial charge in [0.05, 0.1) is 0 Å². The summed E-state index contributed by atoms with van der Waals surface area (Å²) in [7, 11) is 0. The van der Waals surface area contributed by atoms with Gasteiger partial charge in [-0.2, -0.15) is 0 Å². The van der Waals surface area contributed by atoms with Gasteiger partial charge in [-0.1, -0.05) is 22.9 Å². The second kappa shape index (κ2) is 6.63. The molecule has 0 atom stereocenters. The van der Waals surface area contributed by atoms with Gasteiger partial charge in [0, 0.05) is 29.0 Å². The van der Waals surface area contributed by atoms with Crippen LogP contribution in [0, 0.1) is 6.92 Å². The van der Waals surface area contributed by atoms with Gasteiger partial charge in [0.2, 0.25) is 0 Å². The van der Waals surface area contributed by atoms with Gasteiger partial charge >= 0.3 is 6.01 Å². The average molecular weight is 322 g/mol. The third-order valence-corrected chi connectivity index (χ3v) is 3.09. The lowest BCUT2D eigenvalue weighted by molar-refractivity contribution is 0.437. The summed E-state index contributed by atoms with van der Waals surface area (Å²) in [5.74, 6) is 0.766. The van der Waals surface area contributed by atoms with Crippen LogP contribution >= 0.6 is 15.9 Å². The Kier molecular flexibility index (Phi) is 4.87. The first-order chi connectivity index (χ1) is 9.19. The third kappa shape index (κ3) is 4.01. The molecule has 0 aliphatic carbocycles. The molecule has 4 nitrogen and oxygen atoms in total. The van der Waals surface area contributed by atoms with Crippen molar-refractivity contribution in [1.82, 2.24) is 15.3 Å². The van der Waals surface area contributed by atoms with Crippen molar-refractivity contribution in [1.29, 1.82) is 0 Å². The highest BCUT2D eigenvalue weighted by atomic mass is 79.9. The van der Waals surface area contributed by atoms with Gasteiger partial charge in [0.1, 0.15) is 5.75 Å². The van der Waals surface area contributed by atoms with Gasteiger partial charge in [-0.05, 0) is 37.2 Å². The molecule has 5 heteroatoms. The Labute approximate surface area is 121 Å². The largest absolute Gasteiger partial charge is 0.424 e. The Morgan fingerprint density at radius 2 is 2.00 bits per heavy atom. The van der Waals surface area contributed by atoms with Crippen molar-refractivity contribution in [3.63, 3.8) is 0 Å². The highest BCUT2D eigenvalue weighted by Gasteiger charge is 2.04. The average Bonchev–Trinajstić information content (AvgIpc) is 2.41. The molecule has 1 N–H and O–H groups in total. The molecule has 0 radical (unpaired) electrons. The molecular formula is C14H16BrN3O. The zero-order valence-electron chi connectivity index (χ0n) is 11.0. The van der Waals surface area contributed by atoms with Crippen LogP contribution in [0.5, 0.6) is 11.8 Å². The van der Waals surface area contributed by atoms with Crippen molar-refractivity contribution in [2.45, 2.75) is 20.4 Å². The van der Waals surface area contributed by atoms with E-state index in [-0.39, 0.29) is 0 Å². The summed E-state index contributed by atoms with van der Waals surface area (Å²) >= 11 is 3.42. The number of rotatable bonds is 5. The van der Waals surface area contributed by atoms with Crippen molar-refractivity contribution in [3.8, 4) is 11.8 Å². The van der Waals surface area contributed by atoms with Crippen LogP contribution in [0.2, 0.25) is 0 Å². The predicted octanol–water partition coefficient (Wildman–Crippen LogP) is 3.45. The maximum atomic E-state index is 5.66. The molecule has 0 saturated heterocycles. The zero-order chi connectivity index (χ0) is 13.7. The number of ether oxygens (including phenoxy) is 1. The molecule has 1 aromatic heterocycles. The molecule has 2 rings (SSSR count). The lowest BCUT2D eigenvalue weighted by Gasteiger charge is -2.07. The monoisotopic (exact) mass is 321 g/mol. The molecule has 100 valence electrons. The lowest BCUT2D eigenvalue weighted by Crippen LogP contribution is -2.12. The summed E-state index contributed by atoms with van der Waals surface area (Å²) in [6.45, 7) is 5.75. The Balaban J connectivity index is 2.06. The molecular weight excluding hydrogens is 306 g/mol. The number of nitrogens with zero attached hydrogens (tertiary/aromatic N) is 2. The van der Waals surface area contributed by atoms with E-state index in [1.165, 1.54) is 0 Å². The van der Waals surface area contributed by atoms with Gasteiger partial charge in [0.25, 0.3) is 0 Å². The fourth-order valence-corrected chi connectivity index (χ4v) is 2.06. The number of benzene rings is 1. The Hall–Kier alpha value is -1.46. The van der Waals surface area contributed by atoms with Crippen LogP contribution in [0.1, 0.15) is 18.1 Å². The Morgan fingerprint density at radius 3 is 2.63 bits per heavy atom. The first-order valence-corrected chi connectivity index (χ1v) is 6.94. The van der Waals surface area contributed by atoms with Gasteiger partial charge in [-0.3, -0.25) is 0 Å². The molecule has 2 aromatic rings. The van der Waals surface area contributed by atoms with Crippen LogP contribution in [-0.2, 0) is 6.54 Å². The normalized spacial score (nSPS) is 10.5. The van der Waals surface area contributed by atoms with Crippen LogP contribution < -0.4 is 10.1 Å². The number of aryl methyl sites for hydroxylation is 1. The minimum atomic E-state index is 0.366. The molecule has 1 heterocycles. The summed E-state index contributed by atoms with van der Waals surface area (Å²) in [4.78, 5) is 8.41. The molecule has 19 heavy (non-hydrogen) atoms. The topological polar surface area (TPSA) is 47.0 Å². The maximum Gasteiger partial charge on any atom is 0.321 e. The fraction of sp³-hybridized carbons (Fsp3) is 0.286. The van der Waals surface area contributed by atoms with Gasteiger partial charge in [-0.25, -0.2) is 9.97 Å². The first-order valence-electron chi connectivity index (χ1n) is 6.14. The fourth-order valence-electron chi connectivity index (χ4n) is 1.58. The van der Waals surface area contributed by atoms with Gasteiger partial charge in [-0.15, -0.1) is 0 Å². The number of aromatic nitrogens is 2. The quantitative estimate of drug-likeness (QED) is 0.916. The summed E-state index contributed by atoms with van der Waals surface area (Å²) < 4.78 is 6.69. The Bertz CT molecular complexity index is 543. The van der Waals surface area contributed by atoms with E-state index in [9.17, 15) is 0 Å². The highest BCUT2D eigenvalue weighted by Crippen LogP contribution is 2.25. The molecule has 0 aliphatic rings. The van der Waals surface area contributed by atoms with Crippen LogP contribution in [0.15, 0.2) is 35.1 Å². The first kappa shape index (κ1) is 14.0. The SMILES string of the molecule is CCNCc1cnc(Oc2ccc(Br)cc2C)nc1. The predicted molar refractivity (Wildman–Crippen MR) is 78.4 cm³/mol. The number of nitrogens with one attached hydrogen (secondary N) is 1. The lowest BCUT2D eigenvalue weighted by atomic mass is 10.2. The highest BCUT2D eigenvalue weighted by molar-refractivity contribution is 9.10. The molecule has 0 saturated carbocycles. The standard InChI is InChI=1S/C14H16BrN3O/c1-3-16-7-11-8-17-14(18-9-11)19-13-5-4-12(15)6-10(13)2/h4-6,8-9,16H,3,7H2,1-2H3.